The fraction of sp³-hybridized carbons (Fsp3) is 0.727. The Kier molecular flexibility index (Phi) is 19.8. The number of rotatable bonds is 27. The van der Waals surface area contributed by atoms with Gasteiger partial charge in [0.05, 0.1) is 23.5 Å². The second-order valence-electron chi connectivity index (χ2n) is 15.1. The number of carbonyl (C=O) groups excluding carboxylic acids is 1. The van der Waals surface area contributed by atoms with Gasteiger partial charge in [-0.05, 0) is 80.4 Å². The quantitative estimate of drug-likeness (QED) is 0.0460. The van der Waals surface area contributed by atoms with E-state index in [2.05, 4.69) is 31.8 Å². The molecule has 1 aliphatic heterocycles. The van der Waals surface area contributed by atoms with Gasteiger partial charge in [0.15, 0.2) is 0 Å². The van der Waals surface area contributed by atoms with Crippen molar-refractivity contribution in [2.24, 2.45) is 22.9 Å². The van der Waals surface area contributed by atoms with Gasteiger partial charge < -0.3 is 34.6 Å². The Morgan fingerprint density at radius 3 is 2.35 bits per heavy atom. The van der Waals surface area contributed by atoms with E-state index in [-0.39, 0.29) is 42.1 Å². The number of unbranched alkanes of at least 4 members (excludes halogenated alkanes) is 11. The van der Waals surface area contributed by atoms with Crippen LogP contribution in [0.5, 0.6) is 11.5 Å². The van der Waals surface area contributed by atoms with Crippen LogP contribution in [0.2, 0.25) is 0 Å². The van der Waals surface area contributed by atoms with Crippen LogP contribution in [0.4, 0.5) is 4.79 Å². The number of carbonyl (C=O) groups is 1. The average Bonchev–Trinajstić information content (AvgIpc) is 3.17. The van der Waals surface area contributed by atoms with Crippen LogP contribution in [0.3, 0.4) is 0 Å². The number of thioether (sulfide) groups is 1. The maximum absolute atomic E-state index is 13.1. The number of nitrogens with one attached hydrogen (secondary N) is 1. The van der Waals surface area contributed by atoms with Crippen molar-refractivity contribution < 1.29 is 34.1 Å². The minimum atomic E-state index is -0.982. The number of aliphatic hydroxyl groups is 2. The number of aliphatic hydroxyl groups excluding tert-OH is 2. The summed E-state index contributed by atoms with van der Waals surface area (Å²) >= 11 is 1.82. The molecule has 9 nitrogen and oxygen atoms in total. The van der Waals surface area contributed by atoms with Crippen molar-refractivity contribution in [3.63, 3.8) is 0 Å². The molecule has 0 spiro atoms. The van der Waals surface area contributed by atoms with Crippen LogP contribution in [0.25, 0.3) is 0 Å². The molecule has 2 aliphatic carbocycles. The van der Waals surface area contributed by atoms with E-state index in [0.717, 1.165) is 79.7 Å². The third-order valence-corrected chi connectivity index (χ3v) is 12.5. The number of hydrogen-bond acceptors (Lipinski definition) is 9. The van der Waals surface area contributed by atoms with Crippen molar-refractivity contribution in [3.05, 3.63) is 48.1 Å². The average molecular weight is 771 g/mol. The molecule has 304 valence electrons. The molecule has 1 heterocycles. The zero-order chi connectivity index (χ0) is 38.6. The Morgan fingerprint density at radius 1 is 0.981 bits per heavy atom. The first kappa shape index (κ1) is 44.2. The van der Waals surface area contributed by atoms with Crippen LogP contribution in [-0.4, -0.2) is 71.8 Å². The molecule has 1 aromatic carbocycles. The molecule has 10 heteroatoms. The summed E-state index contributed by atoms with van der Waals surface area (Å²) in [6, 6.07) is 5.77. The molecule has 3 aliphatic rings. The minimum absolute atomic E-state index is 0.0401. The lowest BCUT2D eigenvalue weighted by atomic mass is 9.56. The van der Waals surface area contributed by atoms with Gasteiger partial charge in [0.1, 0.15) is 18.1 Å². The zero-order valence-corrected chi connectivity index (χ0v) is 34.4. The van der Waals surface area contributed by atoms with E-state index in [0.29, 0.717) is 31.9 Å². The van der Waals surface area contributed by atoms with Gasteiger partial charge in [0, 0.05) is 37.7 Å². The predicted octanol–water partition coefficient (Wildman–Crippen LogP) is 10.1. The Balaban J connectivity index is 1.62. The number of hydrogen-bond donors (Lipinski definition) is 3. The van der Waals surface area contributed by atoms with Gasteiger partial charge in [-0.1, -0.05) is 102 Å². The van der Waals surface area contributed by atoms with Crippen molar-refractivity contribution in [2.45, 2.75) is 147 Å². The summed E-state index contributed by atoms with van der Waals surface area (Å²) in [5.41, 5.74) is 3.04. The molecule has 1 aromatic rings. The van der Waals surface area contributed by atoms with Gasteiger partial charge in [0.2, 0.25) is 5.79 Å². The summed E-state index contributed by atoms with van der Waals surface area (Å²) in [5, 5.41) is 27.2. The summed E-state index contributed by atoms with van der Waals surface area (Å²) in [6.45, 7) is 12.1. The minimum Gasteiger partial charge on any atom is -0.460 e. The molecule has 1 amide bonds. The molecule has 0 saturated heterocycles. The normalized spacial score (nSPS) is 24.9. The molecule has 0 radical (unpaired) electrons. The highest BCUT2D eigenvalue weighted by Gasteiger charge is 2.63. The molecule has 1 fully saturated rings. The highest BCUT2D eigenvalue weighted by molar-refractivity contribution is 8.00. The first-order valence-corrected chi connectivity index (χ1v) is 22.3. The molecular formula is C44H70N2O7S. The van der Waals surface area contributed by atoms with Crippen molar-refractivity contribution in [3.8, 4) is 11.5 Å². The third-order valence-electron chi connectivity index (χ3n) is 11.3. The molecule has 1 saturated carbocycles. The molecule has 0 unspecified atom stereocenters. The lowest BCUT2D eigenvalue weighted by Crippen LogP contribution is -2.64. The van der Waals surface area contributed by atoms with Crippen molar-refractivity contribution >= 4 is 23.6 Å². The second kappa shape index (κ2) is 24.2. The molecular weight excluding hydrogens is 701 g/mol. The number of amides is 1. The number of nitrogens with zero attached hydrogens (tertiary/aromatic N) is 1. The monoisotopic (exact) mass is 770 g/mol. The predicted molar refractivity (Wildman–Crippen MR) is 221 cm³/mol. The van der Waals surface area contributed by atoms with Gasteiger partial charge in [-0.2, -0.15) is 11.8 Å². The van der Waals surface area contributed by atoms with Crippen LogP contribution >= 0.6 is 11.8 Å². The van der Waals surface area contributed by atoms with E-state index in [1.54, 1.807) is 6.08 Å². The Bertz CT molecular complexity index is 1340. The van der Waals surface area contributed by atoms with E-state index in [4.69, 9.17) is 24.2 Å². The van der Waals surface area contributed by atoms with Crippen LogP contribution in [0, 0.1) is 17.8 Å². The summed E-state index contributed by atoms with van der Waals surface area (Å²) in [5.74, 6) is 1.28. The Morgan fingerprint density at radius 2 is 1.69 bits per heavy atom. The smallest absolute Gasteiger partial charge is 0.412 e. The van der Waals surface area contributed by atoms with Crippen LogP contribution < -0.4 is 14.8 Å². The highest BCUT2D eigenvalue weighted by atomic mass is 32.2. The SMILES string of the molecule is C=CCO[C@@]12Oc3ccc(OC(=O)NCCCCCCCCCCCC)cc3[C@H]3[C@H](CCCCO)[C@@H](CCCCO)C=C(C(=NOCC)C[C@@H]1SCC)[C@H]32. The van der Waals surface area contributed by atoms with E-state index < -0.39 is 11.9 Å². The van der Waals surface area contributed by atoms with Gasteiger partial charge in [0.25, 0.3) is 0 Å². The Hall–Kier alpha value is -2.53. The highest BCUT2D eigenvalue weighted by Crippen LogP contribution is 2.62. The fourth-order valence-corrected chi connectivity index (χ4v) is 10.0. The van der Waals surface area contributed by atoms with Gasteiger partial charge in [-0.15, -0.1) is 6.58 Å². The largest absolute Gasteiger partial charge is 0.460 e. The van der Waals surface area contributed by atoms with E-state index in [1.807, 2.05) is 36.9 Å². The van der Waals surface area contributed by atoms with Gasteiger partial charge >= 0.3 is 6.09 Å². The summed E-state index contributed by atoms with van der Waals surface area (Å²) in [6.07, 6.45) is 21.9. The molecule has 54 heavy (non-hydrogen) atoms. The lowest BCUT2D eigenvalue weighted by molar-refractivity contribution is -0.223. The Labute approximate surface area is 330 Å². The lowest BCUT2D eigenvalue weighted by Gasteiger charge is -2.58. The van der Waals surface area contributed by atoms with Crippen molar-refractivity contribution in [2.75, 3.05) is 38.7 Å². The van der Waals surface area contributed by atoms with Crippen molar-refractivity contribution in [1.29, 1.82) is 0 Å². The molecule has 0 bridgehead atoms. The third kappa shape index (κ3) is 12.0. The van der Waals surface area contributed by atoms with E-state index in [1.165, 1.54) is 51.4 Å². The first-order valence-electron chi connectivity index (χ1n) is 21.2. The maximum Gasteiger partial charge on any atom is 0.412 e. The summed E-state index contributed by atoms with van der Waals surface area (Å²) in [7, 11) is 0. The second-order valence-corrected chi connectivity index (χ2v) is 16.6. The summed E-state index contributed by atoms with van der Waals surface area (Å²) in [4.78, 5) is 18.8. The number of allylic oxidation sites excluding steroid dienone is 1. The number of fused-ring (bicyclic) bond motifs is 2. The summed E-state index contributed by atoms with van der Waals surface area (Å²) < 4.78 is 19.9. The molecule has 0 aromatic heterocycles. The van der Waals surface area contributed by atoms with E-state index in [9.17, 15) is 15.0 Å². The first-order chi connectivity index (χ1) is 26.5. The molecule has 4 rings (SSSR count). The van der Waals surface area contributed by atoms with Crippen LogP contribution in [-0.2, 0) is 9.57 Å². The van der Waals surface area contributed by atoms with Crippen LogP contribution in [0.15, 0.2) is 47.7 Å². The topological polar surface area (TPSA) is 119 Å². The fourth-order valence-electron chi connectivity index (χ4n) is 8.83. The van der Waals surface area contributed by atoms with Crippen molar-refractivity contribution in [1.82, 2.24) is 5.32 Å². The van der Waals surface area contributed by atoms with Crippen LogP contribution in [0.1, 0.15) is 141 Å². The van der Waals surface area contributed by atoms with E-state index >= 15 is 0 Å². The number of ether oxygens (including phenoxy) is 3. The number of benzene rings is 1. The van der Waals surface area contributed by atoms with Gasteiger partial charge in [-0.25, -0.2) is 4.79 Å². The molecule has 3 N–H and O–H groups in total. The number of oxime groups is 1. The standard InChI is InChI=1S/C44H70N2O7S/c1-5-9-10-11-12-13-14-15-16-19-26-45-43(49)52-34-24-25-39-37(31-34)41-35(23-18-21-28-48)33(22-17-20-27-47)30-36-38(46-51-7-3)32-40(54-8-4)44(53-39,42(36)41)50-29-6-2/h6,24-25,30-31,33,35,40-42,47-48H,2,5,7-23,26-29,32H2,1,3-4H3,(H,45,49)/t33-,35+,40-,41+,42+,44+/m0/s1. The maximum atomic E-state index is 13.1. The van der Waals surface area contributed by atoms with Gasteiger partial charge in [-0.3, -0.25) is 0 Å². The molecule has 6 atom stereocenters. The zero-order valence-electron chi connectivity index (χ0n) is 33.5.